The SMILES string of the molecule is O=C(Cc1c[nH]c2ccccc12)NNC(=O)C1CCN(C(=O)c2ccco2)CC1. The molecule has 8 nitrogen and oxygen atoms in total. The van der Waals surface area contributed by atoms with E-state index in [-0.39, 0.29) is 30.1 Å². The summed E-state index contributed by atoms with van der Waals surface area (Å²) in [4.78, 5) is 41.7. The van der Waals surface area contributed by atoms with Gasteiger partial charge in [-0.25, -0.2) is 0 Å². The van der Waals surface area contributed by atoms with E-state index < -0.39 is 0 Å². The number of hydrogen-bond acceptors (Lipinski definition) is 4. The molecule has 1 aromatic carbocycles. The Morgan fingerprint density at radius 2 is 1.86 bits per heavy atom. The van der Waals surface area contributed by atoms with E-state index in [0.717, 1.165) is 16.5 Å². The van der Waals surface area contributed by atoms with Crippen molar-refractivity contribution in [2.24, 2.45) is 5.92 Å². The standard InChI is InChI=1S/C21H22N4O4/c26-19(12-15-13-22-17-5-2-1-4-16(15)17)23-24-20(27)14-7-9-25(10-8-14)21(28)18-6-3-11-29-18/h1-6,11,13-14,22H,7-10,12H2,(H,23,26)(H,24,27). The summed E-state index contributed by atoms with van der Waals surface area (Å²) in [7, 11) is 0. The fourth-order valence-corrected chi connectivity index (χ4v) is 3.63. The van der Waals surface area contributed by atoms with Crippen molar-refractivity contribution in [2.75, 3.05) is 13.1 Å². The van der Waals surface area contributed by atoms with Crippen molar-refractivity contribution < 1.29 is 18.8 Å². The van der Waals surface area contributed by atoms with Crippen LogP contribution < -0.4 is 10.9 Å². The van der Waals surface area contributed by atoms with Crippen LogP contribution in [-0.4, -0.2) is 40.7 Å². The zero-order valence-corrected chi connectivity index (χ0v) is 15.8. The molecule has 3 N–H and O–H groups in total. The van der Waals surface area contributed by atoms with Crippen LogP contribution in [0.4, 0.5) is 0 Å². The fraction of sp³-hybridized carbons (Fsp3) is 0.286. The van der Waals surface area contributed by atoms with Gasteiger partial charge in [0.15, 0.2) is 5.76 Å². The van der Waals surface area contributed by atoms with Crippen molar-refractivity contribution in [1.29, 1.82) is 0 Å². The molecule has 8 heteroatoms. The van der Waals surface area contributed by atoms with Gasteiger partial charge in [-0.05, 0) is 36.6 Å². The number of aromatic nitrogens is 1. The van der Waals surface area contributed by atoms with Crippen LogP contribution in [0.1, 0.15) is 29.0 Å². The predicted octanol–water partition coefficient (Wildman–Crippen LogP) is 2.00. The molecule has 1 aliphatic heterocycles. The Hall–Kier alpha value is -3.55. The molecule has 0 unspecified atom stereocenters. The summed E-state index contributed by atoms with van der Waals surface area (Å²) in [6, 6.07) is 11.0. The van der Waals surface area contributed by atoms with Crippen molar-refractivity contribution >= 4 is 28.6 Å². The summed E-state index contributed by atoms with van der Waals surface area (Å²) >= 11 is 0. The fourth-order valence-electron chi connectivity index (χ4n) is 3.63. The number of furan rings is 1. The number of fused-ring (bicyclic) bond motifs is 1. The lowest BCUT2D eigenvalue weighted by Crippen LogP contribution is -2.48. The number of para-hydroxylation sites is 1. The molecule has 0 saturated carbocycles. The van der Waals surface area contributed by atoms with Crippen molar-refractivity contribution in [3.8, 4) is 0 Å². The Bertz CT molecular complexity index is 1020. The number of piperidine rings is 1. The van der Waals surface area contributed by atoms with Gasteiger partial charge in [0.1, 0.15) is 0 Å². The summed E-state index contributed by atoms with van der Waals surface area (Å²) in [5.74, 6) is -0.627. The molecule has 4 rings (SSSR count). The number of rotatable bonds is 4. The number of carbonyl (C=O) groups is 3. The highest BCUT2D eigenvalue weighted by atomic mass is 16.3. The van der Waals surface area contributed by atoms with Gasteiger partial charge in [0.25, 0.3) is 5.91 Å². The summed E-state index contributed by atoms with van der Waals surface area (Å²) in [5.41, 5.74) is 6.84. The van der Waals surface area contributed by atoms with Gasteiger partial charge in [0.05, 0.1) is 12.7 Å². The van der Waals surface area contributed by atoms with E-state index in [1.54, 1.807) is 23.2 Å². The van der Waals surface area contributed by atoms with Crippen LogP contribution in [0.5, 0.6) is 0 Å². The van der Waals surface area contributed by atoms with E-state index >= 15 is 0 Å². The normalized spacial score (nSPS) is 14.7. The minimum Gasteiger partial charge on any atom is -0.459 e. The minimum atomic E-state index is -0.284. The number of benzene rings is 1. The lowest BCUT2D eigenvalue weighted by atomic mass is 9.96. The van der Waals surface area contributed by atoms with E-state index in [4.69, 9.17) is 4.42 Å². The van der Waals surface area contributed by atoms with Gasteiger partial charge >= 0.3 is 0 Å². The Balaban J connectivity index is 1.24. The summed E-state index contributed by atoms with van der Waals surface area (Å²) in [6.45, 7) is 0.946. The monoisotopic (exact) mass is 394 g/mol. The quantitative estimate of drug-likeness (QED) is 0.588. The predicted molar refractivity (Wildman–Crippen MR) is 106 cm³/mol. The van der Waals surface area contributed by atoms with Crippen LogP contribution in [-0.2, 0) is 16.0 Å². The number of nitrogens with one attached hydrogen (secondary N) is 3. The summed E-state index contributed by atoms with van der Waals surface area (Å²) in [5, 5.41) is 0.988. The molecular formula is C21H22N4O4. The van der Waals surface area contributed by atoms with Gasteiger partial charge in [-0.2, -0.15) is 0 Å². The van der Waals surface area contributed by atoms with E-state index in [0.29, 0.717) is 31.7 Å². The number of nitrogens with zero attached hydrogens (tertiary/aromatic N) is 1. The zero-order chi connectivity index (χ0) is 20.2. The van der Waals surface area contributed by atoms with E-state index in [1.807, 2.05) is 24.3 Å². The molecule has 3 aromatic rings. The van der Waals surface area contributed by atoms with Gasteiger partial charge in [-0.15, -0.1) is 0 Å². The maximum atomic E-state index is 12.4. The Morgan fingerprint density at radius 3 is 2.62 bits per heavy atom. The second-order valence-electron chi connectivity index (χ2n) is 7.12. The maximum absolute atomic E-state index is 12.4. The molecule has 1 saturated heterocycles. The van der Waals surface area contributed by atoms with Crippen molar-refractivity contribution in [1.82, 2.24) is 20.7 Å². The molecule has 0 radical (unpaired) electrons. The third-order valence-corrected chi connectivity index (χ3v) is 5.24. The summed E-state index contributed by atoms with van der Waals surface area (Å²) in [6.07, 6.45) is 4.51. The lowest BCUT2D eigenvalue weighted by molar-refractivity contribution is -0.131. The maximum Gasteiger partial charge on any atom is 0.289 e. The van der Waals surface area contributed by atoms with Gasteiger partial charge < -0.3 is 14.3 Å². The van der Waals surface area contributed by atoms with Gasteiger partial charge in [0, 0.05) is 36.1 Å². The van der Waals surface area contributed by atoms with Gasteiger partial charge in [0.2, 0.25) is 11.8 Å². The van der Waals surface area contributed by atoms with Gasteiger partial charge in [-0.3, -0.25) is 25.2 Å². The van der Waals surface area contributed by atoms with Crippen LogP contribution in [0.15, 0.2) is 53.3 Å². The van der Waals surface area contributed by atoms with Crippen LogP contribution in [0.2, 0.25) is 0 Å². The number of H-pyrrole nitrogens is 1. The Labute approximate surface area is 167 Å². The highest BCUT2D eigenvalue weighted by Gasteiger charge is 2.28. The smallest absolute Gasteiger partial charge is 0.289 e. The van der Waals surface area contributed by atoms with E-state index in [2.05, 4.69) is 15.8 Å². The first-order valence-electron chi connectivity index (χ1n) is 9.58. The Morgan fingerprint density at radius 1 is 1.07 bits per heavy atom. The number of hydrogen-bond donors (Lipinski definition) is 3. The third kappa shape index (κ3) is 4.16. The highest BCUT2D eigenvalue weighted by molar-refractivity contribution is 5.92. The zero-order valence-electron chi connectivity index (χ0n) is 15.8. The topological polar surface area (TPSA) is 107 Å². The molecule has 3 amide bonds. The molecule has 29 heavy (non-hydrogen) atoms. The minimum absolute atomic E-state index is 0.166. The number of hydrazine groups is 1. The number of amides is 3. The molecule has 1 fully saturated rings. The van der Waals surface area contributed by atoms with Crippen LogP contribution in [0, 0.1) is 5.92 Å². The molecule has 0 bridgehead atoms. The molecule has 0 aliphatic carbocycles. The highest BCUT2D eigenvalue weighted by Crippen LogP contribution is 2.20. The molecular weight excluding hydrogens is 372 g/mol. The molecule has 0 atom stereocenters. The van der Waals surface area contributed by atoms with Crippen molar-refractivity contribution in [2.45, 2.75) is 19.3 Å². The molecule has 0 spiro atoms. The second-order valence-corrected chi connectivity index (χ2v) is 7.12. The van der Waals surface area contributed by atoms with Crippen molar-refractivity contribution in [3.63, 3.8) is 0 Å². The second kappa shape index (κ2) is 8.22. The lowest BCUT2D eigenvalue weighted by Gasteiger charge is -2.30. The number of carbonyl (C=O) groups excluding carboxylic acids is 3. The van der Waals surface area contributed by atoms with Crippen LogP contribution in [0.25, 0.3) is 10.9 Å². The molecule has 150 valence electrons. The summed E-state index contributed by atoms with van der Waals surface area (Å²) < 4.78 is 5.14. The molecule has 1 aliphatic rings. The van der Waals surface area contributed by atoms with Gasteiger partial charge in [-0.1, -0.05) is 18.2 Å². The molecule has 3 heterocycles. The number of aromatic amines is 1. The third-order valence-electron chi connectivity index (χ3n) is 5.24. The first kappa shape index (κ1) is 18.8. The van der Waals surface area contributed by atoms with Crippen LogP contribution >= 0.6 is 0 Å². The molecule has 2 aromatic heterocycles. The average molecular weight is 394 g/mol. The van der Waals surface area contributed by atoms with Crippen LogP contribution in [0.3, 0.4) is 0 Å². The Kier molecular flexibility index (Phi) is 5.33. The van der Waals surface area contributed by atoms with E-state index in [1.165, 1.54) is 6.26 Å². The van der Waals surface area contributed by atoms with E-state index in [9.17, 15) is 14.4 Å². The average Bonchev–Trinajstić information content (AvgIpc) is 3.42. The largest absolute Gasteiger partial charge is 0.459 e. The first-order valence-corrected chi connectivity index (χ1v) is 9.58. The first-order chi connectivity index (χ1) is 14.1. The number of likely N-dealkylation sites (tertiary alicyclic amines) is 1. The van der Waals surface area contributed by atoms with Crippen molar-refractivity contribution in [3.05, 3.63) is 60.2 Å².